The second-order valence-corrected chi connectivity index (χ2v) is 6.66. The molecule has 0 aliphatic heterocycles. The molecular formula is C23H24N2O5. The van der Waals surface area contributed by atoms with Gasteiger partial charge in [0.15, 0.2) is 6.10 Å². The smallest absolute Gasteiger partial charge is 0.279 e. The predicted octanol–water partition coefficient (Wildman–Crippen LogP) is 3.01. The first-order valence-corrected chi connectivity index (χ1v) is 9.45. The second kappa shape index (κ2) is 9.65. The van der Waals surface area contributed by atoms with Gasteiger partial charge in [-0.05, 0) is 35.9 Å². The first-order valence-electron chi connectivity index (χ1n) is 9.45. The summed E-state index contributed by atoms with van der Waals surface area (Å²) in [5.74, 6) is 0.890. The SMILES string of the molecule is COc1ccc(CC(=O)NNC(=O)C(C)Oc2ccc3ccccc3c2)c(OC)c1. The van der Waals surface area contributed by atoms with Crippen LogP contribution in [0.2, 0.25) is 0 Å². The van der Waals surface area contributed by atoms with Gasteiger partial charge in [-0.3, -0.25) is 20.4 Å². The molecule has 0 spiro atoms. The maximum Gasteiger partial charge on any atom is 0.279 e. The van der Waals surface area contributed by atoms with E-state index in [2.05, 4.69) is 10.9 Å². The van der Waals surface area contributed by atoms with Crippen LogP contribution in [0.3, 0.4) is 0 Å². The third-order valence-corrected chi connectivity index (χ3v) is 4.57. The molecule has 2 N–H and O–H groups in total. The fourth-order valence-corrected chi connectivity index (χ4v) is 2.95. The van der Waals surface area contributed by atoms with Crippen LogP contribution in [0.25, 0.3) is 10.8 Å². The van der Waals surface area contributed by atoms with Crippen molar-refractivity contribution in [3.63, 3.8) is 0 Å². The summed E-state index contributed by atoms with van der Waals surface area (Å²) in [5.41, 5.74) is 5.46. The van der Waals surface area contributed by atoms with Crippen LogP contribution >= 0.6 is 0 Å². The summed E-state index contributed by atoms with van der Waals surface area (Å²) < 4.78 is 16.1. The Balaban J connectivity index is 1.53. The number of nitrogens with one attached hydrogen (secondary N) is 2. The van der Waals surface area contributed by atoms with Crippen LogP contribution < -0.4 is 25.1 Å². The molecule has 1 atom stereocenters. The molecule has 1 unspecified atom stereocenters. The molecule has 0 aliphatic rings. The molecule has 3 aromatic rings. The van der Waals surface area contributed by atoms with Crippen molar-refractivity contribution in [1.29, 1.82) is 0 Å². The van der Waals surface area contributed by atoms with E-state index in [1.807, 2.05) is 36.4 Å². The Morgan fingerprint density at radius 1 is 0.867 bits per heavy atom. The number of rotatable bonds is 7. The number of hydrazine groups is 1. The minimum atomic E-state index is -0.790. The molecule has 7 heteroatoms. The third-order valence-electron chi connectivity index (χ3n) is 4.57. The molecule has 0 heterocycles. The van der Waals surface area contributed by atoms with Gasteiger partial charge >= 0.3 is 0 Å². The Morgan fingerprint density at radius 3 is 2.33 bits per heavy atom. The van der Waals surface area contributed by atoms with Gasteiger partial charge in [-0.1, -0.05) is 36.4 Å². The molecule has 0 aliphatic carbocycles. The van der Waals surface area contributed by atoms with Gasteiger partial charge in [-0.15, -0.1) is 0 Å². The van der Waals surface area contributed by atoms with Crippen LogP contribution in [0.5, 0.6) is 17.2 Å². The zero-order valence-corrected chi connectivity index (χ0v) is 17.1. The van der Waals surface area contributed by atoms with Crippen LogP contribution in [0, 0.1) is 0 Å². The highest BCUT2D eigenvalue weighted by Gasteiger charge is 2.16. The molecule has 2 amide bonds. The molecule has 7 nitrogen and oxygen atoms in total. The maximum atomic E-state index is 12.3. The average Bonchev–Trinajstić information content (AvgIpc) is 2.77. The predicted molar refractivity (Wildman–Crippen MR) is 114 cm³/mol. The standard InChI is InChI=1S/C23H24N2O5/c1-15(30-20-11-8-16-6-4-5-7-17(16)12-20)23(27)25-24-22(26)13-18-9-10-19(28-2)14-21(18)29-3/h4-12,14-15H,13H2,1-3H3,(H,24,26)(H,25,27). The highest BCUT2D eigenvalue weighted by Crippen LogP contribution is 2.25. The molecule has 0 saturated heterocycles. The van der Waals surface area contributed by atoms with E-state index in [9.17, 15) is 9.59 Å². The zero-order valence-electron chi connectivity index (χ0n) is 17.1. The van der Waals surface area contributed by atoms with Gasteiger partial charge in [0.2, 0.25) is 5.91 Å². The number of hydrogen-bond donors (Lipinski definition) is 2. The van der Waals surface area contributed by atoms with E-state index < -0.39 is 12.0 Å². The van der Waals surface area contributed by atoms with E-state index in [0.717, 1.165) is 10.8 Å². The number of methoxy groups -OCH3 is 2. The quantitative estimate of drug-likeness (QED) is 0.587. The van der Waals surface area contributed by atoms with E-state index in [1.165, 1.54) is 7.11 Å². The fourth-order valence-electron chi connectivity index (χ4n) is 2.95. The van der Waals surface area contributed by atoms with Crippen molar-refractivity contribution in [1.82, 2.24) is 10.9 Å². The van der Waals surface area contributed by atoms with Gasteiger partial charge in [0, 0.05) is 11.6 Å². The lowest BCUT2D eigenvalue weighted by atomic mass is 10.1. The topological polar surface area (TPSA) is 85.9 Å². The third kappa shape index (κ3) is 5.20. The van der Waals surface area contributed by atoms with Gasteiger partial charge in [-0.2, -0.15) is 0 Å². The molecule has 156 valence electrons. The van der Waals surface area contributed by atoms with Crippen molar-refractivity contribution >= 4 is 22.6 Å². The summed E-state index contributed by atoms with van der Waals surface area (Å²) in [6.07, 6.45) is -0.755. The Hall–Kier alpha value is -3.74. The molecular weight excluding hydrogens is 384 g/mol. The van der Waals surface area contributed by atoms with Crippen LogP contribution in [0.15, 0.2) is 60.7 Å². The van der Waals surface area contributed by atoms with Crippen molar-refractivity contribution < 1.29 is 23.8 Å². The van der Waals surface area contributed by atoms with Crippen molar-refractivity contribution in [2.75, 3.05) is 14.2 Å². The summed E-state index contributed by atoms with van der Waals surface area (Å²) in [4.78, 5) is 24.5. The molecule has 0 radical (unpaired) electrons. The summed E-state index contributed by atoms with van der Waals surface area (Å²) in [5, 5.41) is 2.10. The lowest BCUT2D eigenvalue weighted by Gasteiger charge is -2.16. The van der Waals surface area contributed by atoms with Crippen LogP contribution in [-0.4, -0.2) is 32.1 Å². The summed E-state index contributed by atoms with van der Waals surface area (Å²) in [6, 6.07) is 18.7. The lowest BCUT2D eigenvalue weighted by Crippen LogP contribution is -2.47. The Labute approximate surface area is 174 Å². The van der Waals surface area contributed by atoms with Gasteiger partial charge in [0.25, 0.3) is 5.91 Å². The van der Waals surface area contributed by atoms with Crippen molar-refractivity contribution in [2.24, 2.45) is 0 Å². The van der Waals surface area contributed by atoms with Crippen LogP contribution in [0.4, 0.5) is 0 Å². The molecule has 0 bridgehead atoms. The molecule has 0 aromatic heterocycles. The molecule has 0 saturated carbocycles. The number of benzene rings is 3. The average molecular weight is 408 g/mol. The number of ether oxygens (including phenoxy) is 3. The first kappa shape index (κ1) is 21.0. The maximum absolute atomic E-state index is 12.3. The number of carbonyl (C=O) groups excluding carboxylic acids is 2. The first-order chi connectivity index (χ1) is 14.5. The van der Waals surface area contributed by atoms with E-state index in [0.29, 0.717) is 22.8 Å². The lowest BCUT2D eigenvalue weighted by molar-refractivity contribution is -0.132. The molecule has 30 heavy (non-hydrogen) atoms. The van der Waals surface area contributed by atoms with Gasteiger partial charge in [0.05, 0.1) is 20.6 Å². The number of carbonyl (C=O) groups is 2. The number of amides is 2. The number of fused-ring (bicyclic) bond motifs is 1. The molecule has 3 aromatic carbocycles. The normalized spacial score (nSPS) is 11.4. The van der Waals surface area contributed by atoms with E-state index in [1.54, 1.807) is 38.3 Å². The van der Waals surface area contributed by atoms with Crippen molar-refractivity contribution in [3.05, 3.63) is 66.2 Å². The second-order valence-electron chi connectivity index (χ2n) is 6.66. The Kier molecular flexibility index (Phi) is 6.75. The Bertz CT molecular complexity index is 1050. The van der Waals surface area contributed by atoms with Gasteiger partial charge < -0.3 is 14.2 Å². The number of hydrogen-bond acceptors (Lipinski definition) is 5. The Morgan fingerprint density at radius 2 is 1.60 bits per heavy atom. The van der Waals surface area contributed by atoms with Crippen molar-refractivity contribution in [2.45, 2.75) is 19.4 Å². The zero-order chi connectivity index (χ0) is 21.5. The minimum absolute atomic E-state index is 0.0351. The molecule has 0 fully saturated rings. The van der Waals surface area contributed by atoms with Crippen molar-refractivity contribution in [3.8, 4) is 17.2 Å². The highest BCUT2D eigenvalue weighted by atomic mass is 16.5. The minimum Gasteiger partial charge on any atom is -0.497 e. The fraction of sp³-hybridized carbons (Fsp3) is 0.217. The van der Waals surface area contributed by atoms with E-state index in [4.69, 9.17) is 14.2 Å². The summed E-state index contributed by atoms with van der Waals surface area (Å²) in [7, 11) is 3.07. The highest BCUT2D eigenvalue weighted by molar-refractivity contribution is 5.86. The monoisotopic (exact) mass is 408 g/mol. The van der Waals surface area contributed by atoms with Gasteiger partial charge in [0.1, 0.15) is 17.2 Å². The van der Waals surface area contributed by atoms with E-state index in [-0.39, 0.29) is 12.3 Å². The van der Waals surface area contributed by atoms with Gasteiger partial charge in [-0.25, -0.2) is 0 Å². The largest absolute Gasteiger partial charge is 0.497 e. The summed E-state index contributed by atoms with van der Waals surface area (Å²) in [6.45, 7) is 1.61. The summed E-state index contributed by atoms with van der Waals surface area (Å²) >= 11 is 0. The van der Waals surface area contributed by atoms with Crippen LogP contribution in [0.1, 0.15) is 12.5 Å². The van der Waals surface area contributed by atoms with Crippen LogP contribution in [-0.2, 0) is 16.0 Å². The molecule has 3 rings (SSSR count). The van der Waals surface area contributed by atoms with E-state index >= 15 is 0 Å².